The summed E-state index contributed by atoms with van der Waals surface area (Å²) >= 11 is 0. The zero-order chi connectivity index (χ0) is 12.1. The second-order valence-electron chi connectivity index (χ2n) is 3.39. The van der Waals surface area contributed by atoms with Gasteiger partial charge < -0.3 is 11.1 Å². The Balaban J connectivity index is 0.00000256. The van der Waals surface area contributed by atoms with Gasteiger partial charge >= 0.3 is 0 Å². The van der Waals surface area contributed by atoms with Gasteiger partial charge in [0.15, 0.2) is 0 Å². The largest absolute Gasteiger partial charge is 0.350 e. The fourth-order valence-electron chi connectivity index (χ4n) is 1.18. The molecule has 0 spiro atoms. The van der Waals surface area contributed by atoms with Crippen molar-refractivity contribution < 1.29 is 9.72 Å². The van der Waals surface area contributed by atoms with Gasteiger partial charge in [-0.3, -0.25) is 14.9 Å². The standard InChI is InChI=1S/C10H13N3O3.ClH/c1-7(11)10(14)12-6-8-4-2-3-5-9(8)13(15)16;/h2-5,7H,6,11H2,1H3,(H,12,14);1H/t7-;/m1./s1. The van der Waals surface area contributed by atoms with E-state index >= 15 is 0 Å². The second kappa shape index (κ2) is 6.82. The van der Waals surface area contributed by atoms with Crippen molar-refractivity contribution in [1.82, 2.24) is 5.32 Å². The third-order valence-electron chi connectivity index (χ3n) is 2.05. The van der Waals surface area contributed by atoms with Crippen LogP contribution in [0.5, 0.6) is 0 Å². The van der Waals surface area contributed by atoms with E-state index in [4.69, 9.17) is 5.73 Å². The molecule has 0 radical (unpaired) electrons. The van der Waals surface area contributed by atoms with Gasteiger partial charge in [-0.1, -0.05) is 18.2 Å². The molecule has 0 unspecified atom stereocenters. The molecule has 0 fully saturated rings. The summed E-state index contributed by atoms with van der Waals surface area (Å²) in [5.74, 6) is -0.335. The maximum absolute atomic E-state index is 11.2. The summed E-state index contributed by atoms with van der Waals surface area (Å²) in [5, 5.41) is 13.2. The molecular weight excluding hydrogens is 246 g/mol. The number of para-hydroxylation sites is 1. The summed E-state index contributed by atoms with van der Waals surface area (Å²) in [6.07, 6.45) is 0. The van der Waals surface area contributed by atoms with Gasteiger partial charge in [0, 0.05) is 18.2 Å². The molecule has 7 heteroatoms. The van der Waals surface area contributed by atoms with E-state index < -0.39 is 11.0 Å². The summed E-state index contributed by atoms with van der Waals surface area (Å²) < 4.78 is 0. The lowest BCUT2D eigenvalue weighted by Gasteiger charge is -2.07. The first-order valence-corrected chi connectivity index (χ1v) is 4.78. The van der Waals surface area contributed by atoms with Crippen LogP contribution in [0.15, 0.2) is 24.3 Å². The van der Waals surface area contributed by atoms with Crippen molar-refractivity contribution in [2.24, 2.45) is 5.73 Å². The summed E-state index contributed by atoms with van der Waals surface area (Å²) in [4.78, 5) is 21.4. The first-order valence-electron chi connectivity index (χ1n) is 4.78. The van der Waals surface area contributed by atoms with Crippen LogP contribution in [0.25, 0.3) is 0 Å². The Bertz CT molecular complexity index is 410. The molecule has 3 N–H and O–H groups in total. The highest BCUT2D eigenvalue weighted by Gasteiger charge is 2.13. The number of hydrogen-bond donors (Lipinski definition) is 2. The van der Waals surface area contributed by atoms with Crippen LogP contribution in [0.3, 0.4) is 0 Å². The topological polar surface area (TPSA) is 98.3 Å². The van der Waals surface area contributed by atoms with Gasteiger partial charge in [0.2, 0.25) is 5.91 Å². The molecule has 0 aromatic heterocycles. The van der Waals surface area contributed by atoms with E-state index in [1.807, 2.05) is 0 Å². The minimum absolute atomic E-state index is 0. The number of hydrogen-bond acceptors (Lipinski definition) is 4. The van der Waals surface area contributed by atoms with Crippen LogP contribution >= 0.6 is 12.4 Å². The highest BCUT2D eigenvalue weighted by atomic mass is 35.5. The van der Waals surface area contributed by atoms with E-state index in [0.717, 1.165) is 0 Å². The molecule has 0 aliphatic carbocycles. The molecule has 0 aliphatic heterocycles. The molecule has 0 saturated heterocycles. The lowest BCUT2D eigenvalue weighted by Crippen LogP contribution is -2.37. The van der Waals surface area contributed by atoms with Crippen molar-refractivity contribution in [1.29, 1.82) is 0 Å². The maximum atomic E-state index is 11.2. The van der Waals surface area contributed by atoms with E-state index in [0.29, 0.717) is 5.56 Å². The van der Waals surface area contributed by atoms with Crippen molar-refractivity contribution in [3.63, 3.8) is 0 Å². The molecule has 94 valence electrons. The second-order valence-corrected chi connectivity index (χ2v) is 3.39. The number of nitro groups is 1. The number of benzene rings is 1. The molecule has 17 heavy (non-hydrogen) atoms. The van der Waals surface area contributed by atoms with Crippen LogP contribution in [0.2, 0.25) is 0 Å². The first kappa shape index (κ1) is 15.3. The number of nitrogens with two attached hydrogens (primary N) is 1. The average Bonchev–Trinajstić information content (AvgIpc) is 2.25. The molecule has 1 rings (SSSR count). The number of carbonyl (C=O) groups is 1. The van der Waals surface area contributed by atoms with Crippen LogP contribution in [0.4, 0.5) is 5.69 Å². The lowest BCUT2D eigenvalue weighted by molar-refractivity contribution is -0.385. The Morgan fingerprint density at radius 1 is 1.53 bits per heavy atom. The van der Waals surface area contributed by atoms with Crippen molar-refractivity contribution in [3.05, 3.63) is 39.9 Å². The zero-order valence-corrected chi connectivity index (χ0v) is 10.1. The van der Waals surface area contributed by atoms with E-state index in [-0.39, 0.29) is 30.5 Å². The van der Waals surface area contributed by atoms with Gasteiger partial charge in [-0.25, -0.2) is 0 Å². The number of nitrogens with zero attached hydrogens (tertiary/aromatic N) is 1. The minimum Gasteiger partial charge on any atom is -0.350 e. The molecule has 1 atom stereocenters. The van der Waals surface area contributed by atoms with Gasteiger partial charge in [-0.05, 0) is 6.92 Å². The van der Waals surface area contributed by atoms with Gasteiger partial charge in [-0.15, -0.1) is 12.4 Å². The van der Waals surface area contributed by atoms with Crippen molar-refractivity contribution in [3.8, 4) is 0 Å². The fourth-order valence-corrected chi connectivity index (χ4v) is 1.18. The van der Waals surface area contributed by atoms with Crippen LogP contribution < -0.4 is 11.1 Å². The molecular formula is C10H14ClN3O3. The minimum atomic E-state index is -0.622. The molecule has 0 aliphatic rings. The fraction of sp³-hybridized carbons (Fsp3) is 0.300. The molecule has 0 saturated carbocycles. The highest BCUT2D eigenvalue weighted by Crippen LogP contribution is 2.16. The van der Waals surface area contributed by atoms with Crippen LogP contribution in [0.1, 0.15) is 12.5 Å². The summed E-state index contributed by atoms with van der Waals surface area (Å²) in [7, 11) is 0. The zero-order valence-electron chi connectivity index (χ0n) is 9.25. The van der Waals surface area contributed by atoms with Gasteiger partial charge in [0.1, 0.15) is 0 Å². The van der Waals surface area contributed by atoms with E-state index in [1.165, 1.54) is 6.07 Å². The number of nitro benzene ring substituents is 1. The van der Waals surface area contributed by atoms with E-state index in [1.54, 1.807) is 25.1 Å². The van der Waals surface area contributed by atoms with Crippen LogP contribution in [0, 0.1) is 10.1 Å². The average molecular weight is 260 g/mol. The quantitative estimate of drug-likeness (QED) is 0.622. The third-order valence-corrected chi connectivity index (χ3v) is 2.05. The Morgan fingerprint density at radius 3 is 2.65 bits per heavy atom. The Labute approximate surface area is 105 Å². The number of amides is 1. The first-order chi connectivity index (χ1) is 7.52. The Kier molecular flexibility index (Phi) is 6.16. The summed E-state index contributed by atoms with van der Waals surface area (Å²) in [5.41, 5.74) is 5.80. The molecule has 1 amide bonds. The Hall–Kier alpha value is -1.66. The number of carbonyl (C=O) groups excluding carboxylic acids is 1. The predicted octanol–water partition coefficient (Wildman–Crippen LogP) is 0.980. The monoisotopic (exact) mass is 259 g/mol. The smallest absolute Gasteiger partial charge is 0.274 e. The summed E-state index contributed by atoms with van der Waals surface area (Å²) in [6, 6.07) is 5.63. The van der Waals surface area contributed by atoms with Crippen molar-refractivity contribution >= 4 is 24.0 Å². The molecule has 0 bridgehead atoms. The summed E-state index contributed by atoms with van der Waals surface area (Å²) in [6.45, 7) is 1.66. The van der Waals surface area contributed by atoms with E-state index in [2.05, 4.69) is 5.32 Å². The Morgan fingerprint density at radius 2 is 2.12 bits per heavy atom. The number of rotatable bonds is 4. The van der Waals surface area contributed by atoms with Crippen LogP contribution in [-0.4, -0.2) is 16.9 Å². The van der Waals surface area contributed by atoms with Gasteiger partial charge in [-0.2, -0.15) is 0 Å². The maximum Gasteiger partial charge on any atom is 0.274 e. The van der Waals surface area contributed by atoms with Gasteiger partial charge in [0.25, 0.3) is 5.69 Å². The molecule has 1 aromatic carbocycles. The SMILES string of the molecule is C[C@@H](N)C(=O)NCc1ccccc1[N+](=O)[O-].Cl. The van der Waals surface area contributed by atoms with Crippen molar-refractivity contribution in [2.45, 2.75) is 19.5 Å². The third kappa shape index (κ3) is 4.38. The lowest BCUT2D eigenvalue weighted by atomic mass is 10.2. The molecule has 0 heterocycles. The van der Waals surface area contributed by atoms with Gasteiger partial charge in [0.05, 0.1) is 11.0 Å². The molecule has 1 aromatic rings. The normalized spacial score (nSPS) is 11.2. The molecule has 6 nitrogen and oxygen atoms in total. The van der Waals surface area contributed by atoms with Crippen molar-refractivity contribution in [2.75, 3.05) is 0 Å². The highest BCUT2D eigenvalue weighted by molar-refractivity contribution is 5.85. The number of nitrogens with one attached hydrogen (secondary N) is 1. The van der Waals surface area contributed by atoms with E-state index in [9.17, 15) is 14.9 Å². The van der Waals surface area contributed by atoms with Crippen LogP contribution in [-0.2, 0) is 11.3 Å². The predicted molar refractivity (Wildman–Crippen MR) is 65.8 cm³/mol. The number of halogens is 1.